The molecule has 1 fully saturated rings. The van der Waals surface area contributed by atoms with E-state index in [1.807, 2.05) is 0 Å². The Labute approximate surface area is 190 Å². The van der Waals surface area contributed by atoms with Crippen molar-refractivity contribution in [2.24, 2.45) is 0 Å². The first kappa shape index (κ1) is 23.9. The van der Waals surface area contributed by atoms with Crippen LogP contribution >= 0.6 is 0 Å². The van der Waals surface area contributed by atoms with E-state index in [9.17, 15) is 31.1 Å². The highest BCUT2D eigenvalue weighted by Gasteiger charge is 2.42. The number of ether oxygens (including phenoxy) is 1. The third-order valence-electron chi connectivity index (χ3n) is 5.87. The smallest absolute Gasteiger partial charge is 0.406 e. The molecule has 1 aromatic heterocycles. The number of alkyl halides is 3. The van der Waals surface area contributed by atoms with Gasteiger partial charge in [0.25, 0.3) is 0 Å². The molecule has 0 unspecified atom stereocenters. The lowest BCUT2D eigenvalue weighted by Crippen LogP contribution is -2.54. The quantitative estimate of drug-likeness (QED) is 0.507. The lowest BCUT2D eigenvalue weighted by molar-refractivity contribution is -0.133. The predicted octanol–water partition coefficient (Wildman–Crippen LogP) is 3.96. The molecule has 4 rings (SSSR count). The number of rotatable bonds is 5. The number of amides is 1. The molecule has 0 radical (unpaired) electrons. The number of benzene rings is 1. The molecule has 0 spiro atoms. The van der Waals surface area contributed by atoms with Gasteiger partial charge in [0.2, 0.25) is 11.9 Å². The fourth-order valence-electron chi connectivity index (χ4n) is 3.95. The van der Waals surface area contributed by atoms with E-state index in [0.717, 1.165) is 12.1 Å². The minimum Gasteiger partial charge on any atom is -0.490 e. The standard InChI is InChI=1S/C21H21F6N5O2/c1-9-17-18(31(3)10(2)19(33)32(17)8-21(25,26)27)30-20(28-9)29-11-4-12(5-11)34-13-6-14(22)16(24)15(23)7-13/h6-7,10-12H,4-5,8H2,1-3H3,(H,28,29,30)/t10-,11?,12?/m0/s1. The van der Waals surface area contributed by atoms with E-state index in [4.69, 9.17) is 4.74 Å². The third-order valence-corrected chi connectivity index (χ3v) is 5.87. The van der Waals surface area contributed by atoms with Crippen molar-refractivity contribution in [1.82, 2.24) is 9.97 Å². The van der Waals surface area contributed by atoms with Gasteiger partial charge < -0.3 is 15.0 Å². The molecule has 1 aromatic carbocycles. The summed E-state index contributed by atoms with van der Waals surface area (Å²) >= 11 is 0. The molecule has 0 bridgehead atoms. The fourth-order valence-corrected chi connectivity index (χ4v) is 3.95. The molecule has 184 valence electrons. The van der Waals surface area contributed by atoms with Gasteiger partial charge in [0.1, 0.15) is 30.1 Å². The van der Waals surface area contributed by atoms with Crippen molar-refractivity contribution in [3.05, 3.63) is 35.3 Å². The molecule has 1 atom stereocenters. The van der Waals surface area contributed by atoms with Gasteiger partial charge in [0.05, 0.1) is 5.69 Å². The van der Waals surface area contributed by atoms with Crippen molar-refractivity contribution in [1.29, 1.82) is 0 Å². The van der Waals surface area contributed by atoms with Crippen molar-refractivity contribution >= 4 is 23.4 Å². The van der Waals surface area contributed by atoms with Crippen LogP contribution in [0.5, 0.6) is 5.75 Å². The van der Waals surface area contributed by atoms with E-state index in [1.54, 1.807) is 7.05 Å². The van der Waals surface area contributed by atoms with E-state index < -0.39 is 42.1 Å². The molecule has 2 aliphatic rings. The first-order valence-electron chi connectivity index (χ1n) is 10.4. The van der Waals surface area contributed by atoms with Gasteiger partial charge in [-0.25, -0.2) is 18.2 Å². The van der Waals surface area contributed by atoms with Crippen LogP contribution in [0, 0.1) is 24.4 Å². The van der Waals surface area contributed by atoms with E-state index in [-0.39, 0.29) is 41.0 Å². The number of aryl methyl sites for hydroxylation is 1. The highest BCUT2D eigenvalue weighted by atomic mass is 19.4. The molecule has 1 aliphatic heterocycles. The Balaban J connectivity index is 1.47. The van der Waals surface area contributed by atoms with Crippen LogP contribution in [0.4, 0.5) is 43.8 Å². The van der Waals surface area contributed by atoms with Crippen LogP contribution in [-0.2, 0) is 4.79 Å². The molecule has 1 saturated carbocycles. The van der Waals surface area contributed by atoms with Gasteiger partial charge in [0.15, 0.2) is 23.3 Å². The molecule has 7 nitrogen and oxygen atoms in total. The third kappa shape index (κ3) is 4.55. The molecule has 1 amide bonds. The number of carbonyl (C=O) groups is 1. The predicted molar refractivity (Wildman–Crippen MR) is 110 cm³/mol. The van der Waals surface area contributed by atoms with Gasteiger partial charge in [-0.05, 0) is 13.8 Å². The molecular formula is C21H21F6N5O2. The molecule has 34 heavy (non-hydrogen) atoms. The van der Waals surface area contributed by atoms with Crippen molar-refractivity contribution in [2.45, 2.75) is 51.1 Å². The lowest BCUT2D eigenvalue weighted by atomic mass is 9.89. The molecular weight excluding hydrogens is 468 g/mol. The van der Waals surface area contributed by atoms with E-state index in [0.29, 0.717) is 17.7 Å². The highest BCUT2D eigenvalue weighted by Crippen LogP contribution is 2.39. The SMILES string of the molecule is Cc1nc(NC2CC(Oc3cc(F)c(F)c(F)c3)C2)nc2c1N(CC(F)(F)F)C(=O)[C@H](C)N2C. The summed E-state index contributed by atoms with van der Waals surface area (Å²) in [5.74, 6) is -4.75. The van der Waals surface area contributed by atoms with Crippen LogP contribution in [0.1, 0.15) is 25.5 Å². The summed E-state index contributed by atoms with van der Waals surface area (Å²) in [6.45, 7) is 1.55. The van der Waals surface area contributed by atoms with Gasteiger partial charge in [-0.1, -0.05) is 0 Å². The monoisotopic (exact) mass is 489 g/mol. The summed E-state index contributed by atoms with van der Waals surface area (Å²) in [5.41, 5.74) is 0.205. The van der Waals surface area contributed by atoms with Gasteiger partial charge in [-0.3, -0.25) is 9.69 Å². The van der Waals surface area contributed by atoms with Crippen molar-refractivity contribution < 1.29 is 35.9 Å². The number of aromatic nitrogens is 2. The second-order valence-electron chi connectivity index (χ2n) is 8.38. The first-order chi connectivity index (χ1) is 15.8. The zero-order valence-electron chi connectivity index (χ0n) is 18.4. The van der Waals surface area contributed by atoms with Gasteiger partial charge in [-0.15, -0.1) is 0 Å². The van der Waals surface area contributed by atoms with Crippen LogP contribution in [0.3, 0.4) is 0 Å². The van der Waals surface area contributed by atoms with Gasteiger partial charge >= 0.3 is 6.18 Å². The number of hydrogen-bond donors (Lipinski definition) is 1. The van der Waals surface area contributed by atoms with Crippen LogP contribution in [-0.4, -0.2) is 53.8 Å². The maximum Gasteiger partial charge on any atom is 0.406 e. The van der Waals surface area contributed by atoms with Crippen LogP contribution in [0.15, 0.2) is 12.1 Å². The maximum atomic E-state index is 13.3. The summed E-state index contributed by atoms with van der Waals surface area (Å²) in [7, 11) is 1.57. The van der Waals surface area contributed by atoms with Gasteiger partial charge in [0, 0.05) is 38.1 Å². The number of carbonyl (C=O) groups excluding carboxylic acids is 1. The summed E-state index contributed by atoms with van der Waals surface area (Å²) < 4.78 is 84.5. The second-order valence-corrected chi connectivity index (χ2v) is 8.38. The lowest BCUT2D eigenvalue weighted by Gasteiger charge is -2.40. The Morgan fingerprint density at radius 2 is 1.76 bits per heavy atom. The molecule has 1 N–H and O–H groups in total. The highest BCUT2D eigenvalue weighted by molar-refractivity contribution is 6.05. The van der Waals surface area contributed by atoms with Crippen LogP contribution in [0.2, 0.25) is 0 Å². The Kier molecular flexibility index (Phi) is 5.98. The Bertz CT molecular complexity index is 1100. The largest absolute Gasteiger partial charge is 0.490 e. The number of nitrogens with zero attached hydrogens (tertiary/aromatic N) is 4. The number of hydrogen-bond acceptors (Lipinski definition) is 6. The number of halogens is 6. The van der Waals surface area contributed by atoms with E-state index >= 15 is 0 Å². The van der Waals surface area contributed by atoms with Crippen LogP contribution in [0.25, 0.3) is 0 Å². The number of fused-ring (bicyclic) bond motifs is 1. The molecule has 2 heterocycles. The van der Waals surface area contributed by atoms with Crippen molar-refractivity contribution in [2.75, 3.05) is 28.7 Å². The minimum absolute atomic E-state index is 0.00339. The summed E-state index contributed by atoms with van der Waals surface area (Å²) in [6, 6.07) is 0.507. The molecule has 13 heteroatoms. The number of anilines is 3. The summed E-state index contributed by atoms with van der Waals surface area (Å²) in [4.78, 5) is 23.3. The summed E-state index contributed by atoms with van der Waals surface area (Å²) in [6.07, 6.45) is -4.14. The van der Waals surface area contributed by atoms with Crippen molar-refractivity contribution in [3.8, 4) is 5.75 Å². The average molecular weight is 489 g/mol. The van der Waals surface area contributed by atoms with E-state index in [2.05, 4.69) is 15.3 Å². The minimum atomic E-state index is -4.59. The van der Waals surface area contributed by atoms with E-state index in [1.165, 1.54) is 18.7 Å². The first-order valence-corrected chi connectivity index (χ1v) is 10.4. The molecule has 2 aromatic rings. The van der Waals surface area contributed by atoms with Crippen LogP contribution < -0.4 is 19.9 Å². The Hall–Kier alpha value is -3.25. The number of likely N-dealkylation sites (N-methyl/N-ethyl adjacent to an activating group) is 1. The van der Waals surface area contributed by atoms with Crippen molar-refractivity contribution in [3.63, 3.8) is 0 Å². The zero-order valence-corrected chi connectivity index (χ0v) is 18.4. The Morgan fingerprint density at radius 1 is 1.15 bits per heavy atom. The topological polar surface area (TPSA) is 70.6 Å². The zero-order chi connectivity index (χ0) is 24.9. The fraction of sp³-hybridized carbons (Fsp3) is 0.476. The molecule has 1 aliphatic carbocycles. The second kappa shape index (κ2) is 8.51. The normalized spacial score (nSPS) is 22.4. The van der Waals surface area contributed by atoms with Gasteiger partial charge in [-0.2, -0.15) is 18.2 Å². The average Bonchev–Trinajstić information content (AvgIpc) is 2.71. The Morgan fingerprint density at radius 3 is 2.35 bits per heavy atom. The number of nitrogens with one attached hydrogen (secondary N) is 1. The maximum absolute atomic E-state index is 13.3. The molecule has 0 saturated heterocycles. The summed E-state index contributed by atoms with van der Waals surface area (Å²) in [5, 5.41) is 3.06.